The molecule has 0 spiro atoms. The van der Waals surface area contributed by atoms with E-state index < -0.39 is 5.82 Å². The molecule has 114 valence electrons. The molecule has 1 aromatic carbocycles. The summed E-state index contributed by atoms with van der Waals surface area (Å²) in [5.41, 5.74) is 9.33. The van der Waals surface area contributed by atoms with E-state index in [0.29, 0.717) is 17.2 Å². The van der Waals surface area contributed by atoms with Crippen molar-refractivity contribution in [1.29, 1.82) is 0 Å². The molecule has 0 aliphatic rings. The molecule has 0 saturated heterocycles. The highest BCUT2D eigenvalue weighted by atomic mass is 19.1. The van der Waals surface area contributed by atoms with Gasteiger partial charge in [0.25, 0.3) is 5.56 Å². The predicted octanol–water partition coefficient (Wildman–Crippen LogP) is 3.18. The van der Waals surface area contributed by atoms with Gasteiger partial charge in [0, 0.05) is 29.1 Å². The first kappa shape index (κ1) is 14.6. The number of aromatic amines is 1. The molecular weight excluding hydrogens is 299 g/mol. The van der Waals surface area contributed by atoms with E-state index in [0.717, 1.165) is 0 Å². The SMILES string of the molecule is [N-]=[N+]=NCc1cnc(-c2ccc(-n3ccccc3=O)cc2F)[nH]1. The summed E-state index contributed by atoms with van der Waals surface area (Å²) in [6.07, 6.45) is 3.06. The minimum absolute atomic E-state index is 0.114. The molecule has 23 heavy (non-hydrogen) atoms. The van der Waals surface area contributed by atoms with E-state index >= 15 is 0 Å². The van der Waals surface area contributed by atoms with Gasteiger partial charge in [-0.3, -0.25) is 9.36 Å². The summed E-state index contributed by atoms with van der Waals surface area (Å²) in [5, 5.41) is 3.41. The first-order valence-electron chi connectivity index (χ1n) is 6.72. The third kappa shape index (κ3) is 2.97. The Morgan fingerprint density at radius 1 is 1.35 bits per heavy atom. The Morgan fingerprint density at radius 3 is 2.96 bits per heavy atom. The molecule has 3 rings (SSSR count). The maximum atomic E-state index is 14.4. The van der Waals surface area contributed by atoms with Crippen LogP contribution in [0.2, 0.25) is 0 Å². The zero-order chi connectivity index (χ0) is 16.2. The Hall–Kier alpha value is -3.38. The van der Waals surface area contributed by atoms with Crippen LogP contribution in [0.5, 0.6) is 0 Å². The van der Waals surface area contributed by atoms with Crippen molar-refractivity contribution in [2.75, 3.05) is 0 Å². The number of nitrogens with zero attached hydrogens (tertiary/aromatic N) is 5. The van der Waals surface area contributed by atoms with E-state index in [1.54, 1.807) is 30.5 Å². The van der Waals surface area contributed by atoms with E-state index in [2.05, 4.69) is 20.0 Å². The van der Waals surface area contributed by atoms with Crippen LogP contribution in [-0.2, 0) is 6.54 Å². The van der Waals surface area contributed by atoms with Gasteiger partial charge in [-0.25, -0.2) is 9.37 Å². The molecule has 8 heteroatoms. The second-order valence-electron chi connectivity index (χ2n) is 4.72. The van der Waals surface area contributed by atoms with Crippen LogP contribution in [0.3, 0.4) is 0 Å². The zero-order valence-electron chi connectivity index (χ0n) is 11.8. The fourth-order valence-corrected chi connectivity index (χ4v) is 2.17. The van der Waals surface area contributed by atoms with Crippen molar-refractivity contribution in [2.24, 2.45) is 5.11 Å². The molecule has 0 aliphatic heterocycles. The van der Waals surface area contributed by atoms with Crippen molar-refractivity contribution in [3.63, 3.8) is 0 Å². The summed E-state index contributed by atoms with van der Waals surface area (Å²) >= 11 is 0. The number of halogens is 1. The summed E-state index contributed by atoms with van der Waals surface area (Å²) in [4.78, 5) is 21.4. The highest BCUT2D eigenvalue weighted by molar-refractivity contribution is 5.58. The van der Waals surface area contributed by atoms with Crippen LogP contribution < -0.4 is 5.56 Å². The summed E-state index contributed by atoms with van der Waals surface area (Å²) < 4.78 is 15.7. The highest BCUT2D eigenvalue weighted by Crippen LogP contribution is 2.22. The Kier molecular flexibility index (Phi) is 3.90. The molecule has 0 atom stereocenters. The number of aromatic nitrogens is 3. The lowest BCUT2D eigenvalue weighted by Crippen LogP contribution is -2.15. The fourth-order valence-electron chi connectivity index (χ4n) is 2.17. The molecule has 2 aromatic heterocycles. The number of azide groups is 1. The van der Waals surface area contributed by atoms with Gasteiger partial charge in [-0.2, -0.15) is 0 Å². The number of pyridine rings is 1. The number of H-pyrrole nitrogens is 1. The van der Waals surface area contributed by atoms with E-state index in [1.165, 1.54) is 22.9 Å². The van der Waals surface area contributed by atoms with E-state index in [9.17, 15) is 9.18 Å². The van der Waals surface area contributed by atoms with Gasteiger partial charge >= 0.3 is 0 Å². The zero-order valence-corrected chi connectivity index (χ0v) is 11.8. The summed E-state index contributed by atoms with van der Waals surface area (Å²) in [6, 6.07) is 9.17. The molecule has 0 amide bonds. The van der Waals surface area contributed by atoms with Gasteiger partial charge in [0.15, 0.2) is 0 Å². The Labute approximate surface area is 129 Å². The van der Waals surface area contributed by atoms with Crippen LogP contribution in [0.15, 0.2) is 58.7 Å². The van der Waals surface area contributed by atoms with Gasteiger partial charge in [0.05, 0.1) is 17.8 Å². The number of rotatable bonds is 4. The molecule has 7 nitrogen and oxygen atoms in total. The molecule has 0 radical (unpaired) electrons. The highest BCUT2D eigenvalue weighted by Gasteiger charge is 2.11. The number of hydrogen-bond acceptors (Lipinski definition) is 3. The monoisotopic (exact) mass is 310 g/mol. The Morgan fingerprint density at radius 2 is 2.22 bits per heavy atom. The van der Waals surface area contributed by atoms with Gasteiger partial charge < -0.3 is 4.98 Å². The van der Waals surface area contributed by atoms with Crippen molar-refractivity contribution in [3.05, 3.63) is 81.1 Å². The van der Waals surface area contributed by atoms with Crippen LogP contribution in [0.1, 0.15) is 5.69 Å². The van der Waals surface area contributed by atoms with Crippen molar-refractivity contribution in [1.82, 2.24) is 14.5 Å². The Bertz CT molecular complexity index is 954. The largest absolute Gasteiger partial charge is 0.342 e. The molecule has 0 fully saturated rings. The van der Waals surface area contributed by atoms with Crippen LogP contribution in [0.25, 0.3) is 27.5 Å². The molecule has 0 unspecified atom stereocenters. The first-order chi connectivity index (χ1) is 11.2. The maximum absolute atomic E-state index is 14.4. The molecule has 3 aromatic rings. The third-order valence-electron chi connectivity index (χ3n) is 3.24. The van der Waals surface area contributed by atoms with Gasteiger partial charge in [0.1, 0.15) is 11.6 Å². The number of hydrogen-bond donors (Lipinski definition) is 1. The summed E-state index contributed by atoms with van der Waals surface area (Å²) in [5.74, 6) is -0.180. The minimum atomic E-state index is -0.511. The van der Waals surface area contributed by atoms with E-state index in [4.69, 9.17) is 5.53 Å². The minimum Gasteiger partial charge on any atom is -0.342 e. The second-order valence-corrected chi connectivity index (χ2v) is 4.72. The van der Waals surface area contributed by atoms with Crippen LogP contribution in [0.4, 0.5) is 4.39 Å². The molecule has 2 heterocycles. The average Bonchev–Trinajstić information content (AvgIpc) is 3.02. The number of imidazole rings is 1. The maximum Gasteiger partial charge on any atom is 0.255 e. The van der Waals surface area contributed by atoms with Gasteiger partial charge in [-0.15, -0.1) is 0 Å². The van der Waals surface area contributed by atoms with Gasteiger partial charge in [0.2, 0.25) is 0 Å². The molecule has 1 N–H and O–H groups in total. The quantitative estimate of drug-likeness (QED) is 0.454. The van der Waals surface area contributed by atoms with Crippen molar-refractivity contribution in [3.8, 4) is 17.1 Å². The topological polar surface area (TPSA) is 99.4 Å². The number of benzene rings is 1. The van der Waals surface area contributed by atoms with Gasteiger partial charge in [-0.1, -0.05) is 11.2 Å². The van der Waals surface area contributed by atoms with Gasteiger partial charge in [-0.05, 0) is 29.8 Å². The number of nitrogens with one attached hydrogen (secondary N) is 1. The second kappa shape index (κ2) is 6.17. The molecule has 0 saturated carbocycles. The van der Waals surface area contributed by atoms with E-state index in [1.807, 2.05) is 0 Å². The third-order valence-corrected chi connectivity index (χ3v) is 3.24. The van der Waals surface area contributed by atoms with Crippen LogP contribution >= 0.6 is 0 Å². The van der Waals surface area contributed by atoms with E-state index in [-0.39, 0.29) is 17.7 Å². The smallest absolute Gasteiger partial charge is 0.255 e. The normalized spacial score (nSPS) is 10.3. The van der Waals surface area contributed by atoms with Crippen molar-refractivity contribution in [2.45, 2.75) is 6.54 Å². The van der Waals surface area contributed by atoms with Crippen molar-refractivity contribution >= 4 is 0 Å². The first-order valence-corrected chi connectivity index (χ1v) is 6.72. The summed E-state index contributed by atoms with van der Waals surface area (Å²) in [6.45, 7) is 0.114. The van der Waals surface area contributed by atoms with Crippen LogP contribution in [-0.4, -0.2) is 14.5 Å². The van der Waals surface area contributed by atoms with Crippen LogP contribution in [0, 0.1) is 5.82 Å². The molecular formula is C15H11FN6O. The average molecular weight is 310 g/mol. The predicted molar refractivity (Wildman–Crippen MR) is 82.4 cm³/mol. The lowest BCUT2D eigenvalue weighted by molar-refractivity contribution is 0.628. The molecule has 0 aliphatic carbocycles. The lowest BCUT2D eigenvalue weighted by Gasteiger charge is -2.07. The van der Waals surface area contributed by atoms with Crippen molar-refractivity contribution < 1.29 is 4.39 Å². The molecule has 0 bridgehead atoms. The standard InChI is InChI=1S/C15H11FN6O/c16-13-7-11(22-6-2-1-3-14(22)23)4-5-12(13)15-18-8-10(20-15)9-19-21-17/h1-8H,9H2,(H,18,20). The lowest BCUT2D eigenvalue weighted by atomic mass is 10.1. The fraction of sp³-hybridized carbons (Fsp3) is 0.0667. The Balaban J connectivity index is 1.97. The summed E-state index contributed by atoms with van der Waals surface area (Å²) in [7, 11) is 0.